The summed E-state index contributed by atoms with van der Waals surface area (Å²) < 4.78 is 0. The molecular weight excluding hydrogens is 276 g/mol. The third kappa shape index (κ3) is 3.91. The molecule has 2 N–H and O–H groups in total. The standard InChI is InChI=1S/C14H20N2O5/c1-9(2)15(5-4-6-17)12-7-11(14(18)19)8-13(10(12)3)16(20)21/h7-9,17H,4-6H2,1-3H3,(H,18,19). The van der Waals surface area contributed by atoms with Crippen molar-refractivity contribution >= 4 is 17.3 Å². The highest BCUT2D eigenvalue weighted by Gasteiger charge is 2.23. The third-order valence-electron chi connectivity index (χ3n) is 3.29. The molecule has 0 saturated carbocycles. The molecule has 7 heteroatoms. The highest BCUT2D eigenvalue weighted by atomic mass is 16.6. The summed E-state index contributed by atoms with van der Waals surface area (Å²) in [6.45, 7) is 5.93. The zero-order valence-corrected chi connectivity index (χ0v) is 12.4. The maximum absolute atomic E-state index is 11.2. The molecule has 0 unspecified atom stereocenters. The summed E-state index contributed by atoms with van der Waals surface area (Å²) in [4.78, 5) is 23.6. The Morgan fingerprint density at radius 1 is 1.43 bits per heavy atom. The second-order valence-corrected chi connectivity index (χ2v) is 5.07. The number of anilines is 1. The monoisotopic (exact) mass is 296 g/mol. The molecule has 0 saturated heterocycles. The quantitative estimate of drug-likeness (QED) is 0.590. The van der Waals surface area contributed by atoms with Crippen LogP contribution in [0.15, 0.2) is 12.1 Å². The number of aliphatic hydroxyl groups excluding tert-OH is 1. The Morgan fingerprint density at radius 3 is 2.48 bits per heavy atom. The highest BCUT2D eigenvalue weighted by Crippen LogP contribution is 2.31. The summed E-state index contributed by atoms with van der Waals surface area (Å²) in [6.07, 6.45) is 0.503. The minimum atomic E-state index is -1.20. The van der Waals surface area contributed by atoms with Gasteiger partial charge >= 0.3 is 5.97 Å². The van der Waals surface area contributed by atoms with E-state index >= 15 is 0 Å². The molecule has 0 fully saturated rings. The van der Waals surface area contributed by atoms with Crippen LogP contribution in [0.2, 0.25) is 0 Å². The van der Waals surface area contributed by atoms with E-state index in [1.54, 1.807) is 6.92 Å². The molecule has 0 aliphatic carbocycles. The Bertz CT molecular complexity index is 542. The second-order valence-electron chi connectivity index (χ2n) is 5.07. The lowest BCUT2D eigenvalue weighted by molar-refractivity contribution is -0.385. The van der Waals surface area contributed by atoms with Crippen molar-refractivity contribution in [2.75, 3.05) is 18.1 Å². The maximum Gasteiger partial charge on any atom is 0.336 e. The van der Waals surface area contributed by atoms with Crippen LogP contribution < -0.4 is 4.90 Å². The van der Waals surface area contributed by atoms with Crippen molar-refractivity contribution in [1.29, 1.82) is 0 Å². The van der Waals surface area contributed by atoms with Gasteiger partial charge in [0.05, 0.1) is 16.1 Å². The van der Waals surface area contributed by atoms with Crippen molar-refractivity contribution in [1.82, 2.24) is 0 Å². The zero-order valence-electron chi connectivity index (χ0n) is 12.4. The molecule has 0 aliphatic heterocycles. The number of aromatic carboxylic acids is 1. The molecule has 7 nitrogen and oxygen atoms in total. The molecule has 1 rings (SSSR count). The molecule has 1 aromatic carbocycles. The summed E-state index contributed by atoms with van der Waals surface area (Å²) in [5.74, 6) is -1.20. The summed E-state index contributed by atoms with van der Waals surface area (Å²) in [5, 5.41) is 29.2. The predicted molar refractivity (Wildman–Crippen MR) is 79.0 cm³/mol. The average Bonchev–Trinajstić information content (AvgIpc) is 2.39. The van der Waals surface area contributed by atoms with Gasteiger partial charge in [-0.05, 0) is 33.3 Å². The number of hydrogen-bond acceptors (Lipinski definition) is 5. The number of nitrogens with zero attached hydrogens (tertiary/aromatic N) is 2. The van der Waals surface area contributed by atoms with Gasteiger partial charge in [0.25, 0.3) is 5.69 Å². The van der Waals surface area contributed by atoms with Gasteiger partial charge in [0, 0.05) is 30.9 Å². The number of benzene rings is 1. The minimum absolute atomic E-state index is 0.00296. The second kappa shape index (κ2) is 7.03. The number of carbonyl (C=O) groups is 1. The molecule has 0 aliphatic rings. The summed E-state index contributed by atoms with van der Waals surface area (Å²) in [6, 6.07) is 2.55. The van der Waals surface area contributed by atoms with E-state index in [-0.39, 0.29) is 23.9 Å². The highest BCUT2D eigenvalue weighted by molar-refractivity contribution is 5.90. The Labute approximate surface area is 123 Å². The first-order valence-corrected chi connectivity index (χ1v) is 6.69. The van der Waals surface area contributed by atoms with E-state index in [0.717, 1.165) is 6.07 Å². The zero-order chi connectivity index (χ0) is 16.2. The molecule has 21 heavy (non-hydrogen) atoms. The fourth-order valence-electron chi connectivity index (χ4n) is 2.19. The third-order valence-corrected chi connectivity index (χ3v) is 3.29. The van der Waals surface area contributed by atoms with Crippen LogP contribution in [0.1, 0.15) is 36.2 Å². The van der Waals surface area contributed by atoms with Gasteiger partial charge in [-0.15, -0.1) is 0 Å². The Balaban J connectivity index is 3.43. The average molecular weight is 296 g/mol. The lowest BCUT2D eigenvalue weighted by Crippen LogP contribution is -2.33. The maximum atomic E-state index is 11.2. The number of rotatable bonds is 7. The van der Waals surface area contributed by atoms with Crippen molar-refractivity contribution in [2.45, 2.75) is 33.2 Å². The van der Waals surface area contributed by atoms with Crippen LogP contribution in [0.3, 0.4) is 0 Å². The Morgan fingerprint density at radius 2 is 2.05 bits per heavy atom. The van der Waals surface area contributed by atoms with Gasteiger partial charge in [-0.1, -0.05) is 0 Å². The van der Waals surface area contributed by atoms with E-state index in [4.69, 9.17) is 10.2 Å². The molecule has 1 aromatic rings. The number of aliphatic hydroxyl groups is 1. The molecular formula is C14H20N2O5. The van der Waals surface area contributed by atoms with E-state index in [0.29, 0.717) is 24.2 Å². The molecule has 0 heterocycles. The Kier molecular flexibility index (Phi) is 5.66. The van der Waals surface area contributed by atoms with E-state index in [1.807, 2.05) is 18.7 Å². The van der Waals surface area contributed by atoms with Gasteiger partial charge in [0.2, 0.25) is 0 Å². The number of carboxylic acids is 1. The van der Waals surface area contributed by atoms with Crippen LogP contribution >= 0.6 is 0 Å². The smallest absolute Gasteiger partial charge is 0.336 e. The van der Waals surface area contributed by atoms with Crippen molar-refractivity contribution in [3.63, 3.8) is 0 Å². The number of hydrogen-bond donors (Lipinski definition) is 2. The fourth-order valence-corrected chi connectivity index (χ4v) is 2.19. The van der Waals surface area contributed by atoms with Crippen molar-refractivity contribution in [3.05, 3.63) is 33.4 Å². The topological polar surface area (TPSA) is 104 Å². The SMILES string of the molecule is Cc1c(N(CCCO)C(C)C)cc(C(=O)O)cc1[N+](=O)[O-]. The van der Waals surface area contributed by atoms with Crippen LogP contribution in [-0.4, -0.2) is 40.3 Å². The Hall–Kier alpha value is -2.15. The van der Waals surface area contributed by atoms with E-state index < -0.39 is 10.9 Å². The van der Waals surface area contributed by atoms with Gasteiger partial charge < -0.3 is 15.1 Å². The fraction of sp³-hybridized carbons (Fsp3) is 0.500. The normalized spacial score (nSPS) is 10.7. The minimum Gasteiger partial charge on any atom is -0.478 e. The van der Waals surface area contributed by atoms with Gasteiger partial charge in [-0.25, -0.2) is 4.79 Å². The van der Waals surface area contributed by atoms with Crippen molar-refractivity contribution < 1.29 is 19.9 Å². The molecule has 116 valence electrons. The van der Waals surface area contributed by atoms with Gasteiger partial charge in [-0.3, -0.25) is 10.1 Å². The molecule has 0 radical (unpaired) electrons. The molecule has 0 amide bonds. The molecule has 0 aromatic heterocycles. The van der Waals surface area contributed by atoms with E-state index in [9.17, 15) is 14.9 Å². The first kappa shape index (κ1) is 16.9. The number of carboxylic acid groups (broad SMARTS) is 1. The predicted octanol–water partition coefficient (Wildman–Crippen LogP) is 2.20. The summed E-state index contributed by atoms with van der Waals surface area (Å²) in [5.41, 5.74) is 0.623. The van der Waals surface area contributed by atoms with E-state index in [2.05, 4.69) is 0 Å². The van der Waals surface area contributed by atoms with Crippen LogP contribution in [-0.2, 0) is 0 Å². The summed E-state index contributed by atoms with van der Waals surface area (Å²) in [7, 11) is 0. The molecule has 0 bridgehead atoms. The number of nitro groups is 1. The lowest BCUT2D eigenvalue weighted by atomic mass is 10.0. The largest absolute Gasteiger partial charge is 0.478 e. The van der Waals surface area contributed by atoms with Gasteiger partial charge in [-0.2, -0.15) is 0 Å². The molecule has 0 atom stereocenters. The van der Waals surface area contributed by atoms with Crippen LogP contribution in [0, 0.1) is 17.0 Å². The first-order valence-electron chi connectivity index (χ1n) is 6.69. The molecule has 0 spiro atoms. The lowest BCUT2D eigenvalue weighted by Gasteiger charge is -2.30. The summed E-state index contributed by atoms with van der Waals surface area (Å²) >= 11 is 0. The van der Waals surface area contributed by atoms with Crippen molar-refractivity contribution in [2.24, 2.45) is 0 Å². The van der Waals surface area contributed by atoms with E-state index in [1.165, 1.54) is 6.07 Å². The number of nitro benzene ring substituents is 1. The van der Waals surface area contributed by atoms with Crippen molar-refractivity contribution in [3.8, 4) is 0 Å². The van der Waals surface area contributed by atoms with Gasteiger partial charge in [0.1, 0.15) is 0 Å². The van der Waals surface area contributed by atoms with Crippen LogP contribution in [0.4, 0.5) is 11.4 Å². The van der Waals surface area contributed by atoms with Crippen LogP contribution in [0.25, 0.3) is 0 Å². The first-order chi connectivity index (χ1) is 9.79. The van der Waals surface area contributed by atoms with Gasteiger partial charge in [0.15, 0.2) is 0 Å². The van der Waals surface area contributed by atoms with Crippen LogP contribution in [0.5, 0.6) is 0 Å².